The maximum Gasteiger partial charge on any atom is 0.149 e. The van der Waals surface area contributed by atoms with E-state index >= 15 is 0 Å². The second-order valence-electron chi connectivity index (χ2n) is 3.57. The Morgan fingerprint density at radius 3 is 2.83 bits per heavy atom. The molecule has 2 rings (SSSR count). The average molecular weight is 323 g/mol. The van der Waals surface area contributed by atoms with Gasteiger partial charge in [0.15, 0.2) is 0 Å². The summed E-state index contributed by atoms with van der Waals surface area (Å²) < 4.78 is 6.24. The summed E-state index contributed by atoms with van der Waals surface area (Å²) in [6, 6.07) is 11.4. The summed E-state index contributed by atoms with van der Waals surface area (Å²) in [5, 5.41) is 14.4. The third-order valence-electron chi connectivity index (χ3n) is 2.41. The van der Waals surface area contributed by atoms with Crippen LogP contribution < -0.4 is 10.1 Å². The van der Waals surface area contributed by atoms with E-state index in [1.165, 1.54) is 0 Å². The Labute approximate surface area is 118 Å². The number of thiophene rings is 1. The molecule has 0 saturated carbocycles. The average Bonchev–Trinajstić information content (AvgIpc) is 2.83. The number of hydrogen-bond acceptors (Lipinski definition) is 4. The Morgan fingerprint density at radius 1 is 1.44 bits per heavy atom. The highest BCUT2D eigenvalue weighted by molar-refractivity contribution is 9.10. The quantitative estimate of drug-likeness (QED) is 0.917. The number of rotatable bonds is 4. The number of ether oxygens (including phenoxy) is 1. The Morgan fingerprint density at radius 2 is 2.22 bits per heavy atom. The molecule has 0 bridgehead atoms. The lowest BCUT2D eigenvalue weighted by atomic mass is 10.2. The van der Waals surface area contributed by atoms with Gasteiger partial charge in [-0.15, -0.1) is 11.3 Å². The first-order valence-corrected chi connectivity index (χ1v) is 6.95. The number of nitrogens with one attached hydrogen (secondary N) is 1. The number of benzene rings is 1. The molecule has 18 heavy (non-hydrogen) atoms. The zero-order valence-corrected chi connectivity index (χ0v) is 12.1. The maximum atomic E-state index is 9.25. The van der Waals surface area contributed by atoms with Crippen LogP contribution in [0.1, 0.15) is 10.9 Å². The third kappa shape index (κ3) is 2.84. The van der Waals surface area contributed by atoms with Gasteiger partial charge in [0.25, 0.3) is 0 Å². The summed E-state index contributed by atoms with van der Waals surface area (Å²) in [7, 11) is 1.61. The topological polar surface area (TPSA) is 45.0 Å². The van der Waals surface area contributed by atoms with Crippen LogP contribution in [0.25, 0.3) is 0 Å². The van der Waals surface area contributed by atoms with Crippen molar-refractivity contribution >= 4 is 33.0 Å². The number of para-hydroxylation sites is 2. The Balaban J connectivity index is 2.24. The van der Waals surface area contributed by atoms with E-state index in [-0.39, 0.29) is 6.04 Å². The molecule has 92 valence electrons. The zero-order chi connectivity index (χ0) is 13.0. The molecule has 3 nitrogen and oxygen atoms in total. The van der Waals surface area contributed by atoms with Crippen molar-refractivity contribution < 1.29 is 4.74 Å². The highest BCUT2D eigenvalue weighted by atomic mass is 79.9. The lowest BCUT2D eigenvalue weighted by molar-refractivity contribution is 0.416. The van der Waals surface area contributed by atoms with Gasteiger partial charge in [0.2, 0.25) is 0 Å². The van der Waals surface area contributed by atoms with E-state index in [1.807, 2.05) is 35.7 Å². The monoisotopic (exact) mass is 322 g/mol. The van der Waals surface area contributed by atoms with Crippen LogP contribution in [0.15, 0.2) is 40.2 Å². The van der Waals surface area contributed by atoms with Gasteiger partial charge in [-0.05, 0) is 34.1 Å². The largest absolute Gasteiger partial charge is 0.495 e. The summed E-state index contributed by atoms with van der Waals surface area (Å²) in [6.45, 7) is 0. The molecule has 2 aromatic rings. The molecule has 1 atom stereocenters. The van der Waals surface area contributed by atoms with Crippen LogP contribution in [-0.2, 0) is 0 Å². The molecule has 1 aromatic heterocycles. The summed E-state index contributed by atoms with van der Waals surface area (Å²) in [6.07, 6.45) is 0. The van der Waals surface area contributed by atoms with Crippen molar-refractivity contribution in [3.05, 3.63) is 45.1 Å². The predicted octanol–water partition coefficient (Wildman–Crippen LogP) is 4.20. The summed E-state index contributed by atoms with van der Waals surface area (Å²) in [5.41, 5.74) is 0.816. The normalized spacial score (nSPS) is 11.6. The number of nitriles is 1. The van der Waals surface area contributed by atoms with Crippen LogP contribution in [0.2, 0.25) is 0 Å². The number of halogens is 1. The van der Waals surface area contributed by atoms with Crippen molar-refractivity contribution in [3.63, 3.8) is 0 Å². The molecule has 1 aromatic carbocycles. The SMILES string of the molecule is COc1ccccc1NC(C#N)c1cc(Br)cs1. The third-order valence-corrected chi connectivity index (χ3v) is 4.17. The van der Waals surface area contributed by atoms with Crippen molar-refractivity contribution in [2.45, 2.75) is 6.04 Å². The molecule has 0 spiro atoms. The molecule has 1 heterocycles. The van der Waals surface area contributed by atoms with Crippen LogP contribution in [0.5, 0.6) is 5.75 Å². The lowest BCUT2D eigenvalue weighted by Crippen LogP contribution is -2.07. The van der Waals surface area contributed by atoms with Crippen LogP contribution in [0.4, 0.5) is 5.69 Å². The van der Waals surface area contributed by atoms with Gasteiger partial charge in [-0.25, -0.2) is 0 Å². The number of hydrogen-bond donors (Lipinski definition) is 1. The fourth-order valence-corrected chi connectivity index (χ4v) is 3.00. The van der Waals surface area contributed by atoms with Gasteiger partial charge >= 0.3 is 0 Å². The van der Waals surface area contributed by atoms with Gasteiger partial charge < -0.3 is 10.1 Å². The molecule has 0 saturated heterocycles. The van der Waals surface area contributed by atoms with Crippen molar-refractivity contribution in [1.82, 2.24) is 0 Å². The molecule has 0 fully saturated rings. The Hall–Kier alpha value is -1.51. The minimum absolute atomic E-state index is 0.377. The predicted molar refractivity (Wildman–Crippen MR) is 77.0 cm³/mol. The highest BCUT2D eigenvalue weighted by Crippen LogP contribution is 2.31. The minimum atomic E-state index is -0.377. The van der Waals surface area contributed by atoms with Crippen molar-refractivity contribution in [2.75, 3.05) is 12.4 Å². The smallest absolute Gasteiger partial charge is 0.149 e. The van der Waals surface area contributed by atoms with Gasteiger partial charge in [-0.2, -0.15) is 5.26 Å². The van der Waals surface area contributed by atoms with E-state index in [0.717, 1.165) is 20.8 Å². The van der Waals surface area contributed by atoms with Gasteiger partial charge in [0.05, 0.1) is 18.9 Å². The molecule has 0 aliphatic rings. The molecule has 1 N–H and O–H groups in total. The van der Waals surface area contributed by atoms with Crippen molar-refractivity contribution in [1.29, 1.82) is 5.26 Å². The van der Waals surface area contributed by atoms with E-state index < -0.39 is 0 Å². The molecular weight excluding hydrogens is 312 g/mol. The van der Waals surface area contributed by atoms with E-state index in [0.29, 0.717) is 0 Å². The summed E-state index contributed by atoms with van der Waals surface area (Å²) in [5.74, 6) is 0.730. The molecule has 0 aliphatic carbocycles. The first-order chi connectivity index (χ1) is 8.74. The second-order valence-corrected chi connectivity index (χ2v) is 5.43. The van der Waals surface area contributed by atoms with Gasteiger partial charge in [-0.1, -0.05) is 12.1 Å². The van der Waals surface area contributed by atoms with Crippen LogP contribution >= 0.6 is 27.3 Å². The fourth-order valence-electron chi connectivity index (χ4n) is 1.57. The first kappa shape index (κ1) is 12.9. The second kappa shape index (κ2) is 5.89. The first-order valence-electron chi connectivity index (χ1n) is 5.27. The van der Waals surface area contributed by atoms with Gasteiger partial charge in [-0.3, -0.25) is 0 Å². The standard InChI is InChI=1S/C13H11BrN2OS/c1-17-12-5-3-2-4-10(12)16-11(7-15)13-6-9(14)8-18-13/h2-6,8,11,16H,1H3. The lowest BCUT2D eigenvalue weighted by Gasteiger charge is -2.14. The minimum Gasteiger partial charge on any atom is -0.495 e. The fraction of sp³-hybridized carbons (Fsp3) is 0.154. The summed E-state index contributed by atoms with van der Waals surface area (Å²) >= 11 is 4.93. The van der Waals surface area contributed by atoms with Crippen molar-refractivity contribution in [2.24, 2.45) is 0 Å². The molecule has 5 heteroatoms. The zero-order valence-electron chi connectivity index (χ0n) is 9.68. The van der Waals surface area contributed by atoms with Crippen LogP contribution in [0.3, 0.4) is 0 Å². The number of methoxy groups -OCH3 is 1. The van der Waals surface area contributed by atoms with Crippen LogP contribution in [0, 0.1) is 11.3 Å². The van der Waals surface area contributed by atoms with Gasteiger partial charge in [0, 0.05) is 14.7 Å². The maximum absolute atomic E-state index is 9.25. The molecule has 0 amide bonds. The van der Waals surface area contributed by atoms with Crippen LogP contribution in [-0.4, -0.2) is 7.11 Å². The summed E-state index contributed by atoms with van der Waals surface area (Å²) in [4.78, 5) is 0.968. The Bertz CT molecular complexity index is 576. The molecule has 0 aliphatic heterocycles. The Kier molecular flexibility index (Phi) is 4.24. The highest BCUT2D eigenvalue weighted by Gasteiger charge is 2.14. The molecule has 1 unspecified atom stereocenters. The van der Waals surface area contributed by atoms with E-state index in [1.54, 1.807) is 18.4 Å². The molecular formula is C13H11BrN2OS. The van der Waals surface area contributed by atoms with Gasteiger partial charge in [0.1, 0.15) is 11.8 Å². The van der Waals surface area contributed by atoms with Crippen molar-refractivity contribution in [3.8, 4) is 11.8 Å². The van der Waals surface area contributed by atoms with E-state index in [2.05, 4.69) is 27.3 Å². The van der Waals surface area contributed by atoms with E-state index in [4.69, 9.17) is 4.74 Å². The number of anilines is 1. The molecule has 0 radical (unpaired) electrons. The number of nitrogens with zero attached hydrogens (tertiary/aromatic N) is 1. The van der Waals surface area contributed by atoms with E-state index in [9.17, 15) is 5.26 Å².